The van der Waals surface area contributed by atoms with E-state index in [4.69, 9.17) is 11.6 Å². The van der Waals surface area contributed by atoms with E-state index < -0.39 is 0 Å². The maximum atomic E-state index is 12.4. The molecular formula is C18H16ClN3O. The largest absolute Gasteiger partial charge is 0.320 e. The molecule has 0 unspecified atom stereocenters. The Kier molecular flexibility index (Phi) is 4.17. The van der Waals surface area contributed by atoms with Gasteiger partial charge >= 0.3 is 0 Å². The van der Waals surface area contributed by atoms with Gasteiger partial charge in [0.15, 0.2) is 0 Å². The third kappa shape index (κ3) is 3.27. The molecule has 116 valence electrons. The van der Waals surface area contributed by atoms with Crippen molar-refractivity contribution in [3.63, 3.8) is 0 Å². The standard InChI is InChI=1S/C18H16ClN3O/c1-12-11-13(2)22(21-12)17-6-4-3-5-16(17)20-18(23)14-7-9-15(19)10-8-14/h3-11H,1-2H3,(H,20,23). The lowest BCUT2D eigenvalue weighted by Crippen LogP contribution is -2.14. The number of nitrogens with one attached hydrogen (secondary N) is 1. The fourth-order valence-corrected chi connectivity index (χ4v) is 2.56. The number of anilines is 1. The summed E-state index contributed by atoms with van der Waals surface area (Å²) < 4.78 is 1.83. The van der Waals surface area contributed by atoms with E-state index in [9.17, 15) is 4.79 Å². The van der Waals surface area contributed by atoms with Gasteiger partial charge in [-0.1, -0.05) is 23.7 Å². The Hall–Kier alpha value is -2.59. The molecule has 3 rings (SSSR count). The van der Waals surface area contributed by atoms with Crippen LogP contribution in [-0.4, -0.2) is 15.7 Å². The molecule has 1 amide bonds. The van der Waals surface area contributed by atoms with Crippen molar-refractivity contribution in [2.75, 3.05) is 5.32 Å². The van der Waals surface area contributed by atoms with Crippen LogP contribution in [0.2, 0.25) is 5.02 Å². The Bertz CT molecular complexity index is 853. The number of carbonyl (C=O) groups is 1. The zero-order valence-electron chi connectivity index (χ0n) is 12.9. The summed E-state index contributed by atoms with van der Waals surface area (Å²) >= 11 is 5.86. The Balaban J connectivity index is 1.93. The van der Waals surface area contributed by atoms with E-state index in [2.05, 4.69) is 10.4 Å². The van der Waals surface area contributed by atoms with Crippen molar-refractivity contribution in [1.82, 2.24) is 9.78 Å². The van der Waals surface area contributed by atoms with E-state index in [0.29, 0.717) is 16.3 Å². The van der Waals surface area contributed by atoms with Gasteiger partial charge in [-0.05, 0) is 56.3 Å². The van der Waals surface area contributed by atoms with E-state index in [0.717, 1.165) is 17.1 Å². The third-order valence-corrected chi connectivity index (χ3v) is 3.75. The van der Waals surface area contributed by atoms with Gasteiger partial charge in [0.1, 0.15) is 0 Å². The van der Waals surface area contributed by atoms with Crippen molar-refractivity contribution in [1.29, 1.82) is 0 Å². The molecule has 3 aromatic rings. The van der Waals surface area contributed by atoms with Crippen molar-refractivity contribution >= 4 is 23.2 Å². The van der Waals surface area contributed by atoms with Crippen molar-refractivity contribution in [3.05, 3.63) is 76.6 Å². The SMILES string of the molecule is Cc1cc(C)n(-c2ccccc2NC(=O)c2ccc(Cl)cc2)n1. The third-order valence-electron chi connectivity index (χ3n) is 3.50. The minimum absolute atomic E-state index is 0.185. The smallest absolute Gasteiger partial charge is 0.255 e. The van der Waals surface area contributed by atoms with Crippen LogP contribution < -0.4 is 5.32 Å². The molecule has 0 spiro atoms. The highest BCUT2D eigenvalue weighted by atomic mass is 35.5. The first-order valence-electron chi connectivity index (χ1n) is 7.24. The summed E-state index contributed by atoms with van der Waals surface area (Å²) in [7, 11) is 0. The number of carbonyl (C=O) groups excluding carboxylic acids is 1. The predicted molar refractivity (Wildman–Crippen MR) is 92.4 cm³/mol. The maximum Gasteiger partial charge on any atom is 0.255 e. The molecule has 0 aliphatic heterocycles. The van der Waals surface area contributed by atoms with Crippen molar-refractivity contribution < 1.29 is 4.79 Å². The molecule has 0 saturated heterocycles. The second-order valence-electron chi connectivity index (χ2n) is 5.32. The summed E-state index contributed by atoms with van der Waals surface area (Å²) in [5, 5.41) is 8.02. The lowest BCUT2D eigenvalue weighted by molar-refractivity contribution is 0.102. The summed E-state index contributed by atoms with van der Waals surface area (Å²) in [6, 6.07) is 16.4. The van der Waals surface area contributed by atoms with Crippen molar-refractivity contribution in [3.8, 4) is 5.69 Å². The summed E-state index contributed by atoms with van der Waals surface area (Å²) in [6.45, 7) is 3.93. The monoisotopic (exact) mass is 325 g/mol. The first-order chi connectivity index (χ1) is 11.0. The maximum absolute atomic E-state index is 12.4. The fourth-order valence-electron chi connectivity index (χ4n) is 2.43. The van der Waals surface area contributed by atoms with Crippen LogP contribution in [0.25, 0.3) is 5.69 Å². The predicted octanol–water partition coefficient (Wildman–Crippen LogP) is 4.39. The summed E-state index contributed by atoms with van der Waals surface area (Å²) in [6.07, 6.45) is 0. The van der Waals surface area contributed by atoms with Crippen LogP contribution in [0.3, 0.4) is 0 Å². The van der Waals surface area contributed by atoms with E-state index >= 15 is 0 Å². The van der Waals surface area contributed by atoms with Gasteiger partial charge in [-0.3, -0.25) is 4.79 Å². The van der Waals surface area contributed by atoms with Crippen LogP contribution >= 0.6 is 11.6 Å². The van der Waals surface area contributed by atoms with Crippen LogP contribution in [0, 0.1) is 13.8 Å². The minimum atomic E-state index is -0.185. The molecular weight excluding hydrogens is 310 g/mol. The van der Waals surface area contributed by atoms with Crippen molar-refractivity contribution in [2.24, 2.45) is 0 Å². The normalized spacial score (nSPS) is 10.6. The second-order valence-corrected chi connectivity index (χ2v) is 5.75. The average Bonchev–Trinajstić information content (AvgIpc) is 2.87. The molecule has 0 bridgehead atoms. The number of hydrogen-bond donors (Lipinski definition) is 1. The van der Waals surface area contributed by atoms with Gasteiger partial charge in [0.2, 0.25) is 0 Å². The average molecular weight is 326 g/mol. The molecule has 0 aliphatic carbocycles. The Morgan fingerprint density at radius 3 is 2.43 bits per heavy atom. The quantitative estimate of drug-likeness (QED) is 0.776. The number of halogens is 1. The molecule has 1 aromatic heterocycles. The topological polar surface area (TPSA) is 46.9 Å². The zero-order chi connectivity index (χ0) is 16.4. The van der Waals surface area contributed by atoms with Gasteiger partial charge in [0.05, 0.1) is 17.1 Å². The van der Waals surface area contributed by atoms with Crippen LogP contribution in [0.5, 0.6) is 0 Å². The number of nitrogens with zero attached hydrogens (tertiary/aromatic N) is 2. The van der Waals surface area contributed by atoms with E-state index in [1.807, 2.05) is 48.9 Å². The number of aromatic nitrogens is 2. The van der Waals surface area contributed by atoms with E-state index in [-0.39, 0.29) is 5.91 Å². The number of para-hydroxylation sites is 2. The fraction of sp³-hybridized carbons (Fsp3) is 0.111. The number of hydrogen-bond acceptors (Lipinski definition) is 2. The van der Waals surface area contributed by atoms with Crippen LogP contribution in [-0.2, 0) is 0 Å². The van der Waals surface area contributed by atoms with E-state index in [1.165, 1.54) is 0 Å². The number of benzene rings is 2. The van der Waals surface area contributed by atoms with Gasteiger partial charge in [0, 0.05) is 16.3 Å². The molecule has 4 nitrogen and oxygen atoms in total. The molecule has 2 aromatic carbocycles. The zero-order valence-corrected chi connectivity index (χ0v) is 13.6. The molecule has 0 saturated carbocycles. The Labute approximate surface area is 139 Å². The molecule has 23 heavy (non-hydrogen) atoms. The molecule has 1 heterocycles. The van der Waals surface area contributed by atoms with Gasteiger partial charge < -0.3 is 5.32 Å². The first kappa shape index (κ1) is 15.3. The van der Waals surface area contributed by atoms with Crippen LogP contribution in [0.4, 0.5) is 5.69 Å². The van der Waals surface area contributed by atoms with Gasteiger partial charge in [-0.15, -0.1) is 0 Å². The van der Waals surface area contributed by atoms with E-state index in [1.54, 1.807) is 24.3 Å². The Morgan fingerprint density at radius 1 is 1.09 bits per heavy atom. The highest BCUT2D eigenvalue weighted by Gasteiger charge is 2.12. The van der Waals surface area contributed by atoms with Crippen molar-refractivity contribution in [2.45, 2.75) is 13.8 Å². The molecule has 1 N–H and O–H groups in total. The number of amides is 1. The molecule has 0 fully saturated rings. The highest BCUT2D eigenvalue weighted by Crippen LogP contribution is 2.22. The molecule has 0 radical (unpaired) electrons. The van der Waals surface area contributed by atoms with Gasteiger partial charge in [0.25, 0.3) is 5.91 Å². The lowest BCUT2D eigenvalue weighted by atomic mass is 10.2. The summed E-state index contributed by atoms with van der Waals surface area (Å²) in [5.41, 5.74) is 4.04. The minimum Gasteiger partial charge on any atom is -0.320 e. The van der Waals surface area contributed by atoms with Gasteiger partial charge in [-0.25, -0.2) is 4.68 Å². The molecule has 0 aliphatic rings. The summed E-state index contributed by atoms with van der Waals surface area (Å²) in [4.78, 5) is 12.4. The highest BCUT2D eigenvalue weighted by molar-refractivity contribution is 6.30. The van der Waals surface area contributed by atoms with Crippen LogP contribution in [0.1, 0.15) is 21.7 Å². The summed E-state index contributed by atoms with van der Waals surface area (Å²) in [5.74, 6) is -0.185. The number of rotatable bonds is 3. The Morgan fingerprint density at radius 2 is 1.78 bits per heavy atom. The second kappa shape index (κ2) is 6.26. The van der Waals surface area contributed by atoms with Gasteiger partial charge in [-0.2, -0.15) is 5.10 Å². The van der Waals surface area contributed by atoms with Crippen LogP contribution in [0.15, 0.2) is 54.6 Å². The lowest BCUT2D eigenvalue weighted by Gasteiger charge is -2.12. The first-order valence-corrected chi connectivity index (χ1v) is 7.62. The number of aryl methyl sites for hydroxylation is 2. The molecule has 5 heteroatoms. The molecule has 0 atom stereocenters.